The van der Waals surface area contributed by atoms with Gasteiger partial charge in [-0.2, -0.15) is 0 Å². The Balaban J connectivity index is 2.06. The molecule has 1 aromatic carbocycles. The Morgan fingerprint density at radius 3 is 3.11 bits per heavy atom. The van der Waals surface area contributed by atoms with Gasteiger partial charge in [0.05, 0.1) is 5.69 Å². The fourth-order valence-electron chi connectivity index (χ4n) is 2.23. The van der Waals surface area contributed by atoms with Crippen molar-refractivity contribution in [2.75, 3.05) is 7.11 Å². The third-order valence-electron chi connectivity index (χ3n) is 3.14. The monoisotopic (exact) mass is 258 g/mol. The SMILES string of the molecule is COCc1nc2c(c(=O)[nH]1)Cc1ccccc1OC2. The van der Waals surface area contributed by atoms with Crippen molar-refractivity contribution in [2.45, 2.75) is 19.6 Å². The number of hydrogen-bond donors (Lipinski definition) is 1. The molecule has 0 fully saturated rings. The molecule has 1 aliphatic rings. The van der Waals surface area contributed by atoms with Crippen molar-refractivity contribution in [1.82, 2.24) is 9.97 Å². The van der Waals surface area contributed by atoms with Crippen molar-refractivity contribution in [3.05, 3.63) is 57.3 Å². The van der Waals surface area contributed by atoms with E-state index < -0.39 is 0 Å². The van der Waals surface area contributed by atoms with E-state index in [0.29, 0.717) is 30.1 Å². The maximum atomic E-state index is 12.1. The van der Waals surface area contributed by atoms with Crippen LogP contribution < -0.4 is 10.3 Å². The molecule has 19 heavy (non-hydrogen) atoms. The van der Waals surface area contributed by atoms with Gasteiger partial charge in [0.25, 0.3) is 5.56 Å². The normalized spacial score (nSPS) is 13.1. The maximum absolute atomic E-state index is 12.1. The zero-order valence-electron chi connectivity index (χ0n) is 10.6. The van der Waals surface area contributed by atoms with Crippen molar-refractivity contribution in [3.63, 3.8) is 0 Å². The molecule has 0 unspecified atom stereocenters. The number of ether oxygens (including phenoxy) is 2. The lowest BCUT2D eigenvalue weighted by atomic mass is 10.1. The minimum absolute atomic E-state index is 0.114. The number of para-hydroxylation sites is 1. The van der Waals surface area contributed by atoms with Crippen LogP contribution in [-0.4, -0.2) is 17.1 Å². The summed E-state index contributed by atoms with van der Waals surface area (Å²) in [6, 6.07) is 7.73. The molecular weight excluding hydrogens is 244 g/mol. The van der Waals surface area contributed by atoms with E-state index in [1.165, 1.54) is 0 Å². The lowest BCUT2D eigenvalue weighted by Crippen LogP contribution is -2.20. The van der Waals surface area contributed by atoms with Crippen molar-refractivity contribution in [2.24, 2.45) is 0 Å². The number of rotatable bonds is 2. The molecule has 3 rings (SSSR count). The summed E-state index contributed by atoms with van der Waals surface area (Å²) in [7, 11) is 1.57. The lowest BCUT2D eigenvalue weighted by molar-refractivity contribution is 0.176. The first-order valence-corrected chi connectivity index (χ1v) is 6.08. The van der Waals surface area contributed by atoms with E-state index in [4.69, 9.17) is 9.47 Å². The van der Waals surface area contributed by atoms with Gasteiger partial charge in [-0.25, -0.2) is 4.98 Å². The lowest BCUT2D eigenvalue weighted by Gasteiger charge is -2.06. The Kier molecular flexibility index (Phi) is 3.05. The average molecular weight is 258 g/mol. The molecule has 0 saturated heterocycles. The molecule has 0 aliphatic carbocycles. The quantitative estimate of drug-likeness (QED) is 0.884. The Labute approximate surface area is 110 Å². The second kappa shape index (κ2) is 4.85. The average Bonchev–Trinajstić information content (AvgIpc) is 2.59. The highest BCUT2D eigenvalue weighted by Crippen LogP contribution is 2.25. The molecule has 2 aromatic rings. The molecule has 0 amide bonds. The van der Waals surface area contributed by atoms with Crippen LogP contribution in [0, 0.1) is 0 Å². The van der Waals surface area contributed by atoms with Gasteiger partial charge in [0.1, 0.15) is 24.8 Å². The first-order chi connectivity index (χ1) is 9.28. The van der Waals surface area contributed by atoms with Gasteiger partial charge in [-0.05, 0) is 11.6 Å². The predicted octanol–water partition coefficient (Wildman–Crippen LogP) is 1.40. The molecule has 1 aromatic heterocycles. The molecule has 0 bridgehead atoms. The second-order valence-corrected chi connectivity index (χ2v) is 4.44. The number of fused-ring (bicyclic) bond motifs is 2. The second-order valence-electron chi connectivity index (χ2n) is 4.44. The molecule has 5 heteroatoms. The van der Waals surface area contributed by atoms with Crippen molar-refractivity contribution < 1.29 is 9.47 Å². The van der Waals surface area contributed by atoms with Gasteiger partial charge in [0.15, 0.2) is 0 Å². The van der Waals surface area contributed by atoms with Crippen LogP contribution in [0.15, 0.2) is 29.1 Å². The van der Waals surface area contributed by atoms with Gasteiger partial charge >= 0.3 is 0 Å². The maximum Gasteiger partial charge on any atom is 0.254 e. The van der Waals surface area contributed by atoms with Gasteiger partial charge < -0.3 is 14.5 Å². The van der Waals surface area contributed by atoms with E-state index in [-0.39, 0.29) is 12.2 Å². The van der Waals surface area contributed by atoms with Crippen LogP contribution >= 0.6 is 0 Å². The predicted molar refractivity (Wildman–Crippen MR) is 69.2 cm³/mol. The minimum Gasteiger partial charge on any atom is -0.487 e. The molecule has 5 nitrogen and oxygen atoms in total. The molecule has 0 radical (unpaired) electrons. The van der Waals surface area contributed by atoms with E-state index in [2.05, 4.69) is 9.97 Å². The van der Waals surface area contributed by atoms with Crippen molar-refractivity contribution in [3.8, 4) is 5.75 Å². The summed E-state index contributed by atoms with van der Waals surface area (Å²) in [5.74, 6) is 1.34. The molecule has 0 spiro atoms. The standard InChI is InChI=1S/C14H14N2O3/c1-18-8-13-15-11-7-19-12-5-3-2-4-9(12)6-10(11)14(17)16-13/h2-5H,6-8H2,1H3,(H,15,16,17). The zero-order chi connectivity index (χ0) is 13.2. The van der Waals surface area contributed by atoms with E-state index >= 15 is 0 Å². The fourth-order valence-corrected chi connectivity index (χ4v) is 2.23. The largest absolute Gasteiger partial charge is 0.487 e. The third kappa shape index (κ3) is 2.24. The van der Waals surface area contributed by atoms with Crippen molar-refractivity contribution in [1.29, 1.82) is 0 Å². The highest BCUT2D eigenvalue weighted by Gasteiger charge is 2.18. The van der Waals surface area contributed by atoms with Crippen molar-refractivity contribution >= 4 is 0 Å². The van der Waals surface area contributed by atoms with Gasteiger partial charge in [0, 0.05) is 19.1 Å². The van der Waals surface area contributed by atoms with Crippen LogP contribution in [0.25, 0.3) is 0 Å². The Bertz CT molecular complexity index is 664. The molecule has 0 atom stereocenters. The number of methoxy groups -OCH3 is 1. The van der Waals surface area contributed by atoms with E-state index in [9.17, 15) is 4.79 Å². The molecule has 0 saturated carbocycles. The topological polar surface area (TPSA) is 64.2 Å². The van der Waals surface area contributed by atoms with Crippen LogP contribution in [-0.2, 0) is 24.4 Å². The summed E-state index contributed by atoms with van der Waals surface area (Å²) < 4.78 is 10.7. The van der Waals surface area contributed by atoms with E-state index in [1.807, 2.05) is 24.3 Å². The summed E-state index contributed by atoms with van der Waals surface area (Å²) in [6.07, 6.45) is 0.543. The highest BCUT2D eigenvalue weighted by atomic mass is 16.5. The zero-order valence-corrected chi connectivity index (χ0v) is 10.6. The summed E-state index contributed by atoms with van der Waals surface area (Å²) >= 11 is 0. The van der Waals surface area contributed by atoms with E-state index in [1.54, 1.807) is 7.11 Å². The number of aromatic nitrogens is 2. The minimum atomic E-state index is -0.114. The van der Waals surface area contributed by atoms with Crippen LogP contribution in [0.1, 0.15) is 22.6 Å². The Hall–Kier alpha value is -2.14. The molecule has 1 N–H and O–H groups in total. The first-order valence-electron chi connectivity index (χ1n) is 6.08. The summed E-state index contributed by atoms with van der Waals surface area (Å²) in [5.41, 5.74) is 2.25. The molecule has 2 heterocycles. The fraction of sp³-hybridized carbons (Fsp3) is 0.286. The number of hydrogen-bond acceptors (Lipinski definition) is 4. The van der Waals surface area contributed by atoms with E-state index in [0.717, 1.165) is 11.3 Å². The number of nitrogens with one attached hydrogen (secondary N) is 1. The molecular formula is C14H14N2O3. The number of H-pyrrole nitrogens is 1. The van der Waals surface area contributed by atoms with Gasteiger partial charge in [-0.1, -0.05) is 18.2 Å². The summed E-state index contributed by atoms with van der Waals surface area (Å²) in [6.45, 7) is 0.600. The Morgan fingerprint density at radius 1 is 1.42 bits per heavy atom. The summed E-state index contributed by atoms with van der Waals surface area (Å²) in [5, 5.41) is 0. The Morgan fingerprint density at radius 2 is 2.26 bits per heavy atom. The van der Waals surface area contributed by atoms with Gasteiger partial charge in [0.2, 0.25) is 0 Å². The van der Waals surface area contributed by atoms with Crippen LogP contribution in [0.5, 0.6) is 5.75 Å². The molecule has 98 valence electrons. The first kappa shape index (κ1) is 11.9. The third-order valence-corrected chi connectivity index (χ3v) is 3.14. The number of benzene rings is 1. The number of nitrogens with zero attached hydrogens (tertiary/aromatic N) is 1. The van der Waals surface area contributed by atoms with Gasteiger partial charge in [-0.3, -0.25) is 4.79 Å². The van der Waals surface area contributed by atoms with Gasteiger partial charge in [-0.15, -0.1) is 0 Å². The van der Waals surface area contributed by atoms with Crippen LogP contribution in [0.2, 0.25) is 0 Å². The highest BCUT2D eigenvalue weighted by molar-refractivity contribution is 5.40. The summed E-state index contributed by atoms with van der Waals surface area (Å²) in [4.78, 5) is 19.3. The molecule has 1 aliphatic heterocycles. The van der Waals surface area contributed by atoms with Crippen LogP contribution in [0.3, 0.4) is 0 Å². The van der Waals surface area contributed by atoms with Crippen LogP contribution in [0.4, 0.5) is 0 Å². The smallest absolute Gasteiger partial charge is 0.254 e. The number of aromatic amines is 1.